The molecule has 0 fully saturated rings. The van der Waals surface area contributed by atoms with Crippen molar-refractivity contribution in [3.8, 4) is 0 Å². The largest absolute Gasteiger partial charge is 0.413 e. The predicted octanol–water partition coefficient (Wildman–Crippen LogP) is 6.49. The topological polar surface area (TPSA) is 55.4 Å². The molecule has 4 aromatic carbocycles. The van der Waals surface area contributed by atoms with Crippen molar-refractivity contribution in [1.29, 1.82) is 0 Å². The van der Waals surface area contributed by atoms with Crippen LogP contribution in [0.5, 0.6) is 0 Å². The van der Waals surface area contributed by atoms with Crippen LogP contribution in [0, 0.1) is 6.92 Å². The second-order valence-corrected chi connectivity index (χ2v) is 16.5. The molecule has 0 aromatic heterocycles. The molecule has 2 unspecified atom stereocenters. The van der Waals surface area contributed by atoms with Crippen LogP contribution in [-0.4, -0.2) is 22.8 Å². The Labute approximate surface area is 203 Å². The molecule has 0 amide bonds. The predicted molar refractivity (Wildman–Crippen MR) is 142 cm³/mol. The molecule has 4 nitrogen and oxygen atoms in total. The van der Waals surface area contributed by atoms with Gasteiger partial charge in [0, 0.05) is 0 Å². The molecular weight excluding hydrogens is 458 g/mol. The maximum absolute atomic E-state index is 13.4. The van der Waals surface area contributed by atoms with Crippen molar-refractivity contribution in [2.75, 3.05) is 0 Å². The molecule has 0 bridgehead atoms. The molecule has 4 aromatic rings. The number of benzene rings is 4. The van der Waals surface area contributed by atoms with Gasteiger partial charge in [0.05, 0.1) is 17.0 Å². The summed E-state index contributed by atoms with van der Waals surface area (Å²) in [6, 6.07) is 23.7. The lowest BCUT2D eigenvalue weighted by Gasteiger charge is -2.38. The summed E-state index contributed by atoms with van der Waals surface area (Å²) < 4.78 is 36.4. The van der Waals surface area contributed by atoms with E-state index in [0.717, 1.165) is 29.4 Å². The third-order valence-corrected chi connectivity index (χ3v) is 9.00. The minimum atomic E-state index is -3.71. The first-order valence-electron chi connectivity index (χ1n) is 11.8. The summed E-state index contributed by atoms with van der Waals surface area (Å²) in [7, 11) is -5.60. The van der Waals surface area contributed by atoms with E-state index in [4.69, 9.17) is 4.43 Å². The SMILES string of the molecule is Cc1ccc(S(=O)(=O)NC2c3cc4ccc5ccccc5c4cc3CCC2O[Si](C)(C)C)cc1. The lowest BCUT2D eigenvalue weighted by Crippen LogP contribution is -2.45. The molecule has 34 heavy (non-hydrogen) atoms. The number of hydrogen-bond acceptors (Lipinski definition) is 3. The smallest absolute Gasteiger partial charge is 0.241 e. The average molecular weight is 490 g/mol. The van der Waals surface area contributed by atoms with Gasteiger partial charge in [0.1, 0.15) is 0 Å². The van der Waals surface area contributed by atoms with Gasteiger partial charge in [-0.15, -0.1) is 0 Å². The summed E-state index contributed by atoms with van der Waals surface area (Å²) in [4.78, 5) is 0.281. The van der Waals surface area contributed by atoms with Gasteiger partial charge < -0.3 is 4.43 Å². The second-order valence-electron chi connectivity index (χ2n) is 10.3. The van der Waals surface area contributed by atoms with Gasteiger partial charge in [0.15, 0.2) is 8.32 Å². The molecule has 0 spiro atoms. The standard InChI is InChI=1S/C28H31NO3SSi/c1-19-9-14-23(15-10-19)33(30,31)29-28-26-18-21-12-11-20-7-5-6-8-24(20)25(21)17-22(26)13-16-27(28)32-34(2,3)4/h5-12,14-15,17-18,27-29H,13,16H2,1-4H3. The minimum absolute atomic E-state index is 0.197. The van der Waals surface area contributed by atoms with Crippen LogP contribution in [0.15, 0.2) is 77.7 Å². The van der Waals surface area contributed by atoms with Crippen LogP contribution in [-0.2, 0) is 20.9 Å². The van der Waals surface area contributed by atoms with E-state index in [2.05, 4.69) is 72.9 Å². The van der Waals surface area contributed by atoms with Gasteiger partial charge in [-0.25, -0.2) is 13.1 Å². The zero-order valence-corrected chi connectivity index (χ0v) is 21.9. The fourth-order valence-electron chi connectivity index (χ4n) is 4.96. The van der Waals surface area contributed by atoms with E-state index >= 15 is 0 Å². The van der Waals surface area contributed by atoms with E-state index in [1.807, 2.05) is 19.1 Å². The third kappa shape index (κ3) is 4.55. The zero-order valence-electron chi connectivity index (χ0n) is 20.1. The number of hydrogen-bond donors (Lipinski definition) is 1. The highest BCUT2D eigenvalue weighted by molar-refractivity contribution is 7.89. The molecule has 1 N–H and O–H groups in total. The third-order valence-electron chi connectivity index (χ3n) is 6.53. The molecule has 0 saturated carbocycles. The first kappa shape index (κ1) is 23.2. The van der Waals surface area contributed by atoms with E-state index in [-0.39, 0.29) is 11.0 Å². The van der Waals surface area contributed by atoms with Gasteiger partial charge in [-0.2, -0.15) is 0 Å². The lowest BCUT2D eigenvalue weighted by atomic mass is 9.84. The molecule has 2 atom stereocenters. The average Bonchev–Trinajstić information content (AvgIpc) is 2.79. The summed E-state index contributed by atoms with van der Waals surface area (Å²) in [6.45, 7) is 8.41. The van der Waals surface area contributed by atoms with Crippen molar-refractivity contribution < 1.29 is 12.8 Å². The van der Waals surface area contributed by atoms with Crippen LogP contribution >= 0.6 is 0 Å². The Kier molecular flexibility index (Phi) is 5.88. The van der Waals surface area contributed by atoms with Gasteiger partial charge in [-0.05, 0) is 90.3 Å². The van der Waals surface area contributed by atoms with Crippen LogP contribution in [0.4, 0.5) is 0 Å². The van der Waals surface area contributed by atoms with Crippen molar-refractivity contribution in [2.24, 2.45) is 0 Å². The Morgan fingerprint density at radius 3 is 2.32 bits per heavy atom. The van der Waals surface area contributed by atoms with Crippen LogP contribution in [0.3, 0.4) is 0 Å². The Hall–Kier alpha value is -2.51. The fraction of sp³-hybridized carbons (Fsp3) is 0.286. The van der Waals surface area contributed by atoms with Crippen molar-refractivity contribution in [3.05, 3.63) is 89.5 Å². The molecule has 0 radical (unpaired) electrons. The first-order valence-corrected chi connectivity index (χ1v) is 16.7. The van der Waals surface area contributed by atoms with Gasteiger partial charge >= 0.3 is 0 Å². The van der Waals surface area contributed by atoms with Gasteiger partial charge in [-0.1, -0.05) is 60.2 Å². The fourth-order valence-corrected chi connectivity index (χ4v) is 7.37. The summed E-state index contributed by atoms with van der Waals surface area (Å²) in [5.41, 5.74) is 3.24. The molecule has 1 aliphatic rings. The quantitative estimate of drug-likeness (QED) is 0.258. The maximum atomic E-state index is 13.4. The molecule has 5 rings (SSSR count). The molecular formula is C28H31NO3SSi. The molecule has 6 heteroatoms. The highest BCUT2D eigenvalue weighted by Crippen LogP contribution is 2.38. The Bertz CT molecular complexity index is 1470. The van der Waals surface area contributed by atoms with Crippen LogP contribution in [0.1, 0.15) is 29.2 Å². The summed E-state index contributed by atoms with van der Waals surface area (Å²) in [5, 5.41) is 4.76. The van der Waals surface area contributed by atoms with Crippen molar-refractivity contribution >= 4 is 39.9 Å². The summed E-state index contributed by atoms with van der Waals surface area (Å²) >= 11 is 0. The molecule has 176 valence electrons. The van der Waals surface area contributed by atoms with E-state index in [1.165, 1.54) is 21.7 Å². The Balaban J connectivity index is 1.63. The molecule has 0 saturated heterocycles. The normalized spacial score (nSPS) is 18.8. The van der Waals surface area contributed by atoms with Crippen molar-refractivity contribution in [3.63, 3.8) is 0 Å². The van der Waals surface area contributed by atoms with Gasteiger partial charge in [0.25, 0.3) is 0 Å². The Morgan fingerprint density at radius 2 is 1.59 bits per heavy atom. The molecule has 1 aliphatic carbocycles. The molecule has 0 heterocycles. The van der Waals surface area contributed by atoms with Gasteiger partial charge in [-0.3, -0.25) is 0 Å². The number of fused-ring (bicyclic) bond motifs is 4. The number of aryl methyl sites for hydroxylation is 2. The lowest BCUT2D eigenvalue weighted by molar-refractivity contribution is 0.139. The highest BCUT2D eigenvalue weighted by Gasteiger charge is 2.36. The van der Waals surface area contributed by atoms with Crippen LogP contribution in [0.2, 0.25) is 19.6 Å². The summed E-state index contributed by atoms with van der Waals surface area (Å²) in [5.74, 6) is 0. The van der Waals surface area contributed by atoms with Crippen molar-refractivity contribution in [2.45, 2.75) is 56.4 Å². The second kappa shape index (κ2) is 8.61. The highest BCUT2D eigenvalue weighted by atomic mass is 32.2. The van der Waals surface area contributed by atoms with Gasteiger partial charge in [0.2, 0.25) is 10.0 Å². The van der Waals surface area contributed by atoms with E-state index in [0.29, 0.717) is 0 Å². The Morgan fingerprint density at radius 1 is 0.882 bits per heavy atom. The van der Waals surface area contributed by atoms with E-state index in [1.54, 1.807) is 12.1 Å². The maximum Gasteiger partial charge on any atom is 0.241 e. The molecule has 0 aliphatic heterocycles. The van der Waals surface area contributed by atoms with E-state index in [9.17, 15) is 8.42 Å². The van der Waals surface area contributed by atoms with Crippen LogP contribution < -0.4 is 4.72 Å². The minimum Gasteiger partial charge on any atom is -0.413 e. The van der Waals surface area contributed by atoms with E-state index < -0.39 is 24.4 Å². The van der Waals surface area contributed by atoms with Crippen molar-refractivity contribution in [1.82, 2.24) is 4.72 Å². The number of rotatable bonds is 5. The summed E-state index contributed by atoms with van der Waals surface area (Å²) in [6.07, 6.45) is 1.46. The zero-order chi connectivity index (χ0) is 24.1. The first-order chi connectivity index (χ1) is 16.1. The van der Waals surface area contributed by atoms with Crippen LogP contribution in [0.25, 0.3) is 21.5 Å². The number of nitrogens with one attached hydrogen (secondary N) is 1. The monoisotopic (exact) mass is 489 g/mol. The number of sulfonamides is 1.